The Bertz CT molecular complexity index is 745. The van der Waals surface area contributed by atoms with Gasteiger partial charge in [0.15, 0.2) is 0 Å². The summed E-state index contributed by atoms with van der Waals surface area (Å²) >= 11 is 1.66. The molecule has 0 saturated carbocycles. The van der Waals surface area contributed by atoms with Crippen molar-refractivity contribution in [1.82, 2.24) is 14.9 Å². The van der Waals surface area contributed by atoms with Crippen molar-refractivity contribution >= 4 is 28.9 Å². The summed E-state index contributed by atoms with van der Waals surface area (Å²) in [6.07, 6.45) is 4.80. The van der Waals surface area contributed by atoms with E-state index in [1.54, 1.807) is 11.8 Å². The number of nitrogens with zero attached hydrogens (tertiary/aromatic N) is 3. The van der Waals surface area contributed by atoms with Crippen LogP contribution in [0.3, 0.4) is 0 Å². The average molecular weight is 359 g/mol. The molecule has 0 spiro atoms. The van der Waals surface area contributed by atoms with Gasteiger partial charge in [0, 0.05) is 18.3 Å². The summed E-state index contributed by atoms with van der Waals surface area (Å²) in [5.74, 6) is 0.812. The van der Waals surface area contributed by atoms with Gasteiger partial charge in [-0.1, -0.05) is 12.1 Å². The number of ether oxygens (including phenoxy) is 1. The molecule has 1 aromatic carbocycles. The highest BCUT2D eigenvalue weighted by Crippen LogP contribution is 2.26. The van der Waals surface area contributed by atoms with Gasteiger partial charge in [-0.2, -0.15) is 0 Å². The lowest BCUT2D eigenvalue weighted by molar-refractivity contribution is 0.0126. The molecule has 0 N–H and O–H groups in total. The van der Waals surface area contributed by atoms with Crippen LogP contribution in [0.4, 0.5) is 4.79 Å². The third-order valence-electron chi connectivity index (χ3n) is 4.11. The van der Waals surface area contributed by atoms with E-state index in [0.29, 0.717) is 0 Å². The number of para-hydroxylation sites is 2. The third-order valence-corrected chi connectivity index (χ3v) is 5.15. The Kier molecular flexibility index (Phi) is 5.47. The van der Waals surface area contributed by atoms with Gasteiger partial charge in [0.25, 0.3) is 0 Å². The maximum absolute atomic E-state index is 12.5. The lowest BCUT2D eigenvalue weighted by Gasteiger charge is -2.36. The summed E-state index contributed by atoms with van der Waals surface area (Å²) in [5.41, 5.74) is 1.34. The lowest BCUT2D eigenvalue weighted by atomic mass is 10.0. The second-order valence-corrected chi connectivity index (χ2v) is 8.37. The molecule has 25 heavy (non-hydrogen) atoms. The minimum atomic E-state index is -0.462. The van der Waals surface area contributed by atoms with Crippen LogP contribution >= 0.6 is 11.8 Å². The highest BCUT2D eigenvalue weighted by atomic mass is 32.2. The van der Waals surface area contributed by atoms with Crippen molar-refractivity contribution < 1.29 is 9.53 Å². The molecule has 2 aromatic rings. The SMILES string of the molecule is CC(C)(C)OC(=O)N1CCCC[C@H]1CSc1cnc2ccccc2n1. The Morgan fingerprint density at radius 2 is 2.04 bits per heavy atom. The fourth-order valence-electron chi connectivity index (χ4n) is 2.93. The monoisotopic (exact) mass is 359 g/mol. The number of likely N-dealkylation sites (tertiary alicyclic amines) is 1. The fourth-order valence-corrected chi connectivity index (χ4v) is 3.93. The number of benzene rings is 1. The predicted molar refractivity (Wildman–Crippen MR) is 101 cm³/mol. The number of aromatic nitrogens is 2. The van der Waals surface area contributed by atoms with E-state index in [1.165, 1.54) is 0 Å². The maximum Gasteiger partial charge on any atom is 0.410 e. The second kappa shape index (κ2) is 7.60. The molecule has 1 aromatic heterocycles. The minimum Gasteiger partial charge on any atom is -0.444 e. The van der Waals surface area contributed by atoms with Crippen molar-refractivity contribution in [3.05, 3.63) is 30.5 Å². The zero-order valence-corrected chi connectivity index (χ0v) is 15.9. The summed E-state index contributed by atoms with van der Waals surface area (Å²) in [5, 5.41) is 0.897. The van der Waals surface area contributed by atoms with Crippen LogP contribution < -0.4 is 0 Å². The first-order chi connectivity index (χ1) is 11.9. The zero-order valence-electron chi connectivity index (χ0n) is 15.1. The number of hydrogen-bond donors (Lipinski definition) is 0. The molecule has 3 rings (SSSR count). The van der Waals surface area contributed by atoms with E-state index in [1.807, 2.05) is 56.1 Å². The van der Waals surface area contributed by atoms with Gasteiger partial charge >= 0.3 is 6.09 Å². The van der Waals surface area contributed by atoms with E-state index in [4.69, 9.17) is 4.74 Å². The summed E-state index contributed by atoms with van der Waals surface area (Å²) < 4.78 is 5.57. The molecule has 1 fully saturated rings. The van der Waals surface area contributed by atoms with E-state index in [-0.39, 0.29) is 12.1 Å². The molecule has 1 amide bonds. The first-order valence-corrected chi connectivity index (χ1v) is 9.75. The van der Waals surface area contributed by atoms with Crippen LogP contribution in [0.2, 0.25) is 0 Å². The molecule has 134 valence electrons. The Hall–Kier alpha value is -1.82. The van der Waals surface area contributed by atoms with Gasteiger partial charge in [-0.3, -0.25) is 4.98 Å². The molecule has 2 heterocycles. The largest absolute Gasteiger partial charge is 0.444 e. The van der Waals surface area contributed by atoms with Gasteiger partial charge in [-0.15, -0.1) is 11.8 Å². The smallest absolute Gasteiger partial charge is 0.410 e. The van der Waals surface area contributed by atoms with E-state index >= 15 is 0 Å². The van der Waals surface area contributed by atoms with E-state index in [2.05, 4.69) is 9.97 Å². The van der Waals surface area contributed by atoms with Gasteiger partial charge in [-0.25, -0.2) is 9.78 Å². The Labute approximate surface area is 153 Å². The Morgan fingerprint density at radius 1 is 1.28 bits per heavy atom. The van der Waals surface area contributed by atoms with E-state index in [9.17, 15) is 4.79 Å². The average Bonchev–Trinajstić information content (AvgIpc) is 2.58. The first kappa shape index (κ1) is 18.0. The minimum absolute atomic E-state index is 0.182. The van der Waals surface area contributed by atoms with Gasteiger partial charge in [0.05, 0.1) is 17.2 Å². The standard InChI is InChI=1S/C19H25N3O2S/c1-19(2,3)24-18(23)22-11-7-6-8-14(22)13-25-17-12-20-15-9-4-5-10-16(15)21-17/h4-5,9-10,12,14H,6-8,11,13H2,1-3H3/t14-/m0/s1. The lowest BCUT2D eigenvalue weighted by Crippen LogP contribution is -2.47. The van der Waals surface area contributed by atoms with E-state index in [0.717, 1.165) is 47.6 Å². The van der Waals surface area contributed by atoms with Crippen LogP contribution in [0.1, 0.15) is 40.0 Å². The normalized spacial score (nSPS) is 18.4. The van der Waals surface area contributed by atoms with Crippen LogP contribution in [0.25, 0.3) is 11.0 Å². The van der Waals surface area contributed by atoms with Gasteiger partial charge in [0.1, 0.15) is 10.6 Å². The summed E-state index contributed by atoms with van der Waals surface area (Å²) in [6, 6.07) is 8.05. The number of fused-ring (bicyclic) bond motifs is 1. The molecule has 5 nitrogen and oxygen atoms in total. The molecule has 1 aliphatic heterocycles. The maximum atomic E-state index is 12.5. The van der Waals surface area contributed by atoms with E-state index < -0.39 is 5.60 Å². The number of carbonyl (C=O) groups excluding carboxylic acids is 1. The van der Waals surface area contributed by atoms with Crippen LogP contribution in [0.15, 0.2) is 35.5 Å². The van der Waals surface area contributed by atoms with Crippen molar-refractivity contribution in [2.24, 2.45) is 0 Å². The second-order valence-electron chi connectivity index (χ2n) is 7.33. The van der Waals surface area contributed by atoms with Crippen molar-refractivity contribution in [2.75, 3.05) is 12.3 Å². The summed E-state index contributed by atoms with van der Waals surface area (Å²) in [7, 11) is 0. The molecular formula is C19H25N3O2S. The molecule has 1 saturated heterocycles. The topological polar surface area (TPSA) is 55.3 Å². The Balaban J connectivity index is 1.65. The molecule has 6 heteroatoms. The summed E-state index contributed by atoms with van der Waals surface area (Å²) in [6.45, 7) is 6.49. The van der Waals surface area contributed by atoms with Crippen LogP contribution in [0.5, 0.6) is 0 Å². The number of amides is 1. The number of rotatable bonds is 3. The van der Waals surface area contributed by atoms with Crippen LogP contribution in [-0.2, 0) is 4.74 Å². The van der Waals surface area contributed by atoms with Crippen LogP contribution in [-0.4, -0.2) is 44.9 Å². The zero-order chi connectivity index (χ0) is 17.9. The molecule has 0 bridgehead atoms. The van der Waals surface area contributed by atoms with Crippen LogP contribution in [0, 0.1) is 0 Å². The van der Waals surface area contributed by atoms with Gasteiger partial charge in [-0.05, 0) is 52.2 Å². The molecule has 0 radical (unpaired) electrons. The van der Waals surface area contributed by atoms with Crippen molar-refractivity contribution in [3.8, 4) is 0 Å². The molecule has 1 atom stereocenters. The molecule has 0 unspecified atom stereocenters. The number of piperidine rings is 1. The molecule has 1 aliphatic rings. The Morgan fingerprint density at radius 3 is 2.80 bits per heavy atom. The number of carbonyl (C=O) groups is 1. The summed E-state index contributed by atoms with van der Waals surface area (Å²) in [4.78, 5) is 23.5. The molecular weight excluding hydrogens is 334 g/mol. The number of thioether (sulfide) groups is 1. The van der Waals surface area contributed by atoms with Crippen molar-refractivity contribution in [3.63, 3.8) is 0 Å². The highest BCUT2D eigenvalue weighted by molar-refractivity contribution is 7.99. The quantitative estimate of drug-likeness (QED) is 0.755. The fraction of sp³-hybridized carbons (Fsp3) is 0.526. The van der Waals surface area contributed by atoms with Crippen molar-refractivity contribution in [1.29, 1.82) is 0 Å². The first-order valence-electron chi connectivity index (χ1n) is 8.76. The van der Waals surface area contributed by atoms with Crippen molar-refractivity contribution in [2.45, 2.75) is 56.7 Å². The number of hydrogen-bond acceptors (Lipinski definition) is 5. The molecule has 0 aliphatic carbocycles. The predicted octanol–water partition coefficient (Wildman–Crippen LogP) is 4.51. The highest BCUT2D eigenvalue weighted by Gasteiger charge is 2.30. The third kappa shape index (κ3) is 4.84. The van der Waals surface area contributed by atoms with Gasteiger partial charge < -0.3 is 9.64 Å². The van der Waals surface area contributed by atoms with Gasteiger partial charge in [0.2, 0.25) is 0 Å².